The van der Waals surface area contributed by atoms with Crippen LogP contribution < -0.4 is 10.1 Å². The number of anilines is 1. The molecule has 2 rings (SSSR count). The van der Waals surface area contributed by atoms with Crippen molar-refractivity contribution in [3.8, 4) is 5.75 Å². The van der Waals surface area contributed by atoms with E-state index in [0.717, 1.165) is 17.4 Å². The summed E-state index contributed by atoms with van der Waals surface area (Å²) in [7, 11) is 0. The second kappa shape index (κ2) is 9.19. The molecule has 0 fully saturated rings. The molecule has 0 aromatic heterocycles. The molecule has 3 nitrogen and oxygen atoms in total. The van der Waals surface area contributed by atoms with Crippen LogP contribution in [0.5, 0.6) is 5.75 Å². The number of carbonyl (C=O) groups is 1. The molecule has 1 N–H and O–H groups in total. The lowest BCUT2D eigenvalue weighted by Gasteiger charge is -2.15. The summed E-state index contributed by atoms with van der Waals surface area (Å²) >= 11 is 7.07. The van der Waals surface area contributed by atoms with Crippen molar-refractivity contribution in [3.63, 3.8) is 0 Å². The Kier molecular flexibility index (Phi) is 7.23. The molecule has 2 aromatic carbocycles. The molecular formula is C18H17ClF3NO2S. The summed E-state index contributed by atoms with van der Waals surface area (Å²) in [6.07, 6.45) is -4.60. The normalized spacial score (nSPS) is 11.3. The average Bonchev–Trinajstić information content (AvgIpc) is 2.57. The monoisotopic (exact) mass is 403 g/mol. The summed E-state index contributed by atoms with van der Waals surface area (Å²) in [5, 5.41) is 2.10. The lowest BCUT2D eigenvalue weighted by molar-refractivity contribution is -0.137. The molecule has 0 atom stereocenters. The number of alkyl halides is 3. The summed E-state index contributed by atoms with van der Waals surface area (Å²) in [5.74, 6) is 0.740. The van der Waals surface area contributed by atoms with E-state index in [4.69, 9.17) is 16.3 Å². The van der Waals surface area contributed by atoms with Crippen molar-refractivity contribution in [1.29, 1.82) is 0 Å². The van der Waals surface area contributed by atoms with Crippen LogP contribution in [0.25, 0.3) is 0 Å². The zero-order valence-corrected chi connectivity index (χ0v) is 15.5. The molecule has 2 aromatic rings. The van der Waals surface area contributed by atoms with E-state index in [-0.39, 0.29) is 10.8 Å². The molecule has 140 valence electrons. The predicted molar refractivity (Wildman–Crippen MR) is 99.1 cm³/mol. The van der Waals surface area contributed by atoms with Gasteiger partial charge in [0, 0.05) is 5.75 Å². The highest BCUT2D eigenvalue weighted by atomic mass is 35.5. The van der Waals surface area contributed by atoms with E-state index in [2.05, 4.69) is 5.32 Å². The maximum absolute atomic E-state index is 13.0. The first-order chi connectivity index (χ1) is 12.3. The third-order valence-corrected chi connectivity index (χ3v) is 4.63. The Labute approximate surface area is 158 Å². The Hall–Kier alpha value is -1.86. The number of ether oxygens (including phenoxy) is 1. The lowest BCUT2D eigenvalue weighted by atomic mass is 10.1. The standard InChI is InChI=1S/C18H17ClF3NO2S/c1-12-5-2-3-8-15(12)25-9-10-26-11-16(24)23-17-13(18(20,21)22)6-4-7-14(17)19/h2-8H,9-11H2,1H3,(H,23,24). The molecule has 0 saturated carbocycles. The quantitative estimate of drug-likeness (QED) is 0.627. The maximum Gasteiger partial charge on any atom is 0.418 e. The fourth-order valence-electron chi connectivity index (χ4n) is 2.16. The van der Waals surface area contributed by atoms with Gasteiger partial charge >= 0.3 is 6.18 Å². The minimum atomic E-state index is -4.60. The van der Waals surface area contributed by atoms with Gasteiger partial charge in [-0.05, 0) is 30.7 Å². The van der Waals surface area contributed by atoms with E-state index in [1.807, 2.05) is 31.2 Å². The number of halogens is 4. The van der Waals surface area contributed by atoms with Crippen LogP contribution >= 0.6 is 23.4 Å². The Balaban J connectivity index is 1.82. The number of hydrogen-bond donors (Lipinski definition) is 1. The van der Waals surface area contributed by atoms with Crippen LogP contribution in [0.4, 0.5) is 18.9 Å². The summed E-state index contributed by atoms with van der Waals surface area (Å²) < 4.78 is 44.6. The molecule has 0 heterocycles. The number of rotatable bonds is 7. The summed E-state index contributed by atoms with van der Waals surface area (Å²) in [6, 6.07) is 10.9. The van der Waals surface area contributed by atoms with Crippen molar-refractivity contribution in [2.45, 2.75) is 13.1 Å². The van der Waals surface area contributed by atoms with Gasteiger partial charge < -0.3 is 10.1 Å². The number of aryl methyl sites for hydroxylation is 1. The van der Waals surface area contributed by atoms with Gasteiger partial charge in [-0.2, -0.15) is 13.2 Å². The van der Waals surface area contributed by atoms with E-state index in [1.165, 1.54) is 23.9 Å². The van der Waals surface area contributed by atoms with Gasteiger partial charge in [-0.15, -0.1) is 11.8 Å². The minimum absolute atomic E-state index is 0.000345. The SMILES string of the molecule is Cc1ccccc1OCCSCC(=O)Nc1c(Cl)cccc1C(F)(F)F. The minimum Gasteiger partial charge on any atom is -0.492 e. The molecule has 8 heteroatoms. The molecule has 0 spiro atoms. The van der Waals surface area contributed by atoms with Crippen LogP contribution in [0.3, 0.4) is 0 Å². The highest BCUT2D eigenvalue weighted by molar-refractivity contribution is 7.99. The molecule has 0 bridgehead atoms. The topological polar surface area (TPSA) is 38.3 Å². The van der Waals surface area contributed by atoms with Crippen molar-refractivity contribution in [1.82, 2.24) is 0 Å². The number of para-hydroxylation sites is 2. The Morgan fingerprint density at radius 3 is 2.62 bits per heavy atom. The molecule has 0 aliphatic heterocycles. The number of thioether (sulfide) groups is 1. The number of hydrogen-bond acceptors (Lipinski definition) is 3. The van der Waals surface area contributed by atoms with Crippen LogP contribution in [0.15, 0.2) is 42.5 Å². The van der Waals surface area contributed by atoms with E-state index >= 15 is 0 Å². The fraction of sp³-hybridized carbons (Fsp3) is 0.278. The summed E-state index contributed by atoms with van der Waals surface area (Å²) in [4.78, 5) is 11.9. The molecule has 1 amide bonds. The second-order valence-corrected chi connectivity index (χ2v) is 6.89. The van der Waals surface area contributed by atoms with Crippen molar-refractivity contribution >= 4 is 35.0 Å². The first kappa shape index (κ1) is 20.5. The fourth-order valence-corrected chi connectivity index (χ4v) is 2.98. The van der Waals surface area contributed by atoms with Crippen molar-refractivity contribution in [2.75, 3.05) is 23.4 Å². The van der Waals surface area contributed by atoms with Gasteiger partial charge in [-0.3, -0.25) is 4.79 Å². The highest BCUT2D eigenvalue weighted by Crippen LogP contribution is 2.38. The van der Waals surface area contributed by atoms with Gasteiger partial charge in [-0.25, -0.2) is 0 Å². The van der Waals surface area contributed by atoms with E-state index < -0.39 is 23.3 Å². The van der Waals surface area contributed by atoms with Crippen molar-refractivity contribution in [3.05, 3.63) is 58.6 Å². The van der Waals surface area contributed by atoms with Gasteiger partial charge in [-0.1, -0.05) is 35.9 Å². The van der Waals surface area contributed by atoms with Crippen LogP contribution in [-0.2, 0) is 11.0 Å². The average molecular weight is 404 g/mol. The molecule has 0 aliphatic carbocycles. The molecule has 0 aliphatic rings. The molecule has 0 saturated heterocycles. The first-order valence-electron chi connectivity index (χ1n) is 7.71. The highest BCUT2D eigenvalue weighted by Gasteiger charge is 2.34. The summed E-state index contributed by atoms with van der Waals surface area (Å²) in [5.41, 5.74) is -0.372. The third-order valence-electron chi connectivity index (χ3n) is 3.40. The van der Waals surface area contributed by atoms with E-state index in [9.17, 15) is 18.0 Å². The second-order valence-electron chi connectivity index (χ2n) is 5.37. The molecule has 0 radical (unpaired) electrons. The van der Waals surface area contributed by atoms with Gasteiger partial charge in [0.05, 0.1) is 28.6 Å². The van der Waals surface area contributed by atoms with Crippen LogP contribution in [0.2, 0.25) is 5.02 Å². The van der Waals surface area contributed by atoms with Gasteiger partial charge in [0.2, 0.25) is 5.91 Å². The van der Waals surface area contributed by atoms with E-state index in [0.29, 0.717) is 12.4 Å². The Morgan fingerprint density at radius 1 is 1.19 bits per heavy atom. The maximum atomic E-state index is 13.0. The van der Waals surface area contributed by atoms with Crippen LogP contribution in [0.1, 0.15) is 11.1 Å². The largest absolute Gasteiger partial charge is 0.492 e. The third kappa shape index (κ3) is 5.85. The number of carbonyl (C=O) groups excluding carboxylic acids is 1. The summed E-state index contributed by atoms with van der Waals surface area (Å²) in [6.45, 7) is 2.32. The van der Waals surface area contributed by atoms with Crippen molar-refractivity contribution < 1.29 is 22.7 Å². The molecule has 0 unspecified atom stereocenters. The first-order valence-corrected chi connectivity index (χ1v) is 9.24. The number of amides is 1. The molecule has 26 heavy (non-hydrogen) atoms. The van der Waals surface area contributed by atoms with Gasteiger partial charge in [0.15, 0.2) is 0 Å². The Bertz CT molecular complexity index is 768. The number of nitrogens with one attached hydrogen (secondary N) is 1. The molecular weight excluding hydrogens is 387 g/mol. The van der Waals surface area contributed by atoms with Crippen LogP contribution in [0, 0.1) is 6.92 Å². The van der Waals surface area contributed by atoms with Crippen LogP contribution in [-0.4, -0.2) is 24.0 Å². The predicted octanol–water partition coefficient (Wildman–Crippen LogP) is 5.42. The Morgan fingerprint density at radius 2 is 1.92 bits per heavy atom. The zero-order chi connectivity index (χ0) is 19.2. The number of benzene rings is 2. The lowest BCUT2D eigenvalue weighted by Crippen LogP contribution is -2.19. The smallest absolute Gasteiger partial charge is 0.418 e. The van der Waals surface area contributed by atoms with Gasteiger partial charge in [0.25, 0.3) is 0 Å². The van der Waals surface area contributed by atoms with Crippen molar-refractivity contribution in [2.24, 2.45) is 0 Å². The van der Waals surface area contributed by atoms with Gasteiger partial charge in [0.1, 0.15) is 5.75 Å². The zero-order valence-electron chi connectivity index (χ0n) is 13.9. The van der Waals surface area contributed by atoms with E-state index in [1.54, 1.807) is 0 Å².